The first-order valence-electron chi connectivity index (χ1n) is 5.25. The van der Waals surface area contributed by atoms with Crippen LogP contribution in [0.3, 0.4) is 0 Å². The van der Waals surface area contributed by atoms with Crippen LogP contribution >= 0.6 is 23.2 Å². The van der Waals surface area contributed by atoms with Crippen LogP contribution in [0.5, 0.6) is 0 Å². The van der Waals surface area contributed by atoms with Crippen LogP contribution in [0.25, 0.3) is 0 Å². The van der Waals surface area contributed by atoms with E-state index in [4.69, 9.17) is 23.2 Å². The highest BCUT2D eigenvalue weighted by atomic mass is 35.5. The average molecular weight is 271 g/mol. The number of hydrogen-bond donors (Lipinski definition) is 1. The minimum atomic E-state index is -0.595. The molecule has 1 aromatic heterocycles. The highest BCUT2D eigenvalue weighted by Gasteiger charge is 2.11. The molecule has 0 aliphatic rings. The third-order valence-electron chi connectivity index (χ3n) is 2.54. The normalized spacial score (nSPS) is 12.6. The van der Waals surface area contributed by atoms with Crippen molar-refractivity contribution in [2.24, 2.45) is 0 Å². The first-order valence-corrected chi connectivity index (χ1v) is 6.01. The zero-order valence-corrected chi connectivity index (χ0v) is 10.6. The third kappa shape index (κ3) is 3.22. The molecule has 0 amide bonds. The maximum atomic E-state index is 10.0. The molecule has 1 aromatic carbocycles. The molecule has 2 rings (SSSR count). The lowest BCUT2D eigenvalue weighted by Gasteiger charge is -2.13. The molecule has 17 heavy (non-hydrogen) atoms. The standard InChI is InChI=1S/C12H12Cl2N2O/c13-9-1-2-10(11(14)7-9)12(17)3-5-16-6-4-15-8-16/h1-2,4,6-8,12,17H,3,5H2. The van der Waals surface area contributed by atoms with Gasteiger partial charge in [-0.15, -0.1) is 0 Å². The highest BCUT2D eigenvalue weighted by Crippen LogP contribution is 2.28. The fraction of sp³-hybridized carbons (Fsp3) is 0.250. The van der Waals surface area contributed by atoms with Gasteiger partial charge in [0, 0.05) is 29.0 Å². The van der Waals surface area contributed by atoms with E-state index in [2.05, 4.69) is 4.98 Å². The SMILES string of the molecule is OC(CCn1ccnc1)c1ccc(Cl)cc1Cl. The van der Waals surface area contributed by atoms with Crippen LogP contribution in [0.1, 0.15) is 18.1 Å². The maximum absolute atomic E-state index is 10.0. The van der Waals surface area contributed by atoms with Gasteiger partial charge in [-0.2, -0.15) is 0 Å². The van der Waals surface area contributed by atoms with Crippen LogP contribution in [-0.2, 0) is 6.54 Å². The van der Waals surface area contributed by atoms with Gasteiger partial charge in [0.2, 0.25) is 0 Å². The second-order valence-corrected chi connectivity index (χ2v) is 4.61. The van der Waals surface area contributed by atoms with Crippen molar-refractivity contribution in [3.8, 4) is 0 Å². The van der Waals surface area contributed by atoms with Crippen molar-refractivity contribution in [2.75, 3.05) is 0 Å². The zero-order chi connectivity index (χ0) is 12.3. The van der Waals surface area contributed by atoms with E-state index in [1.54, 1.807) is 30.7 Å². The van der Waals surface area contributed by atoms with Gasteiger partial charge in [-0.05, 0) is 24.1 Å². The van der Waals surface area contributed by atoms with E-state index >= 15 is 0 Å². The summed E-state index contributed by atoms with van der Waals surface area (Å²) in [7, 11) is 0. The summed E-state index contributed by atoms with van der Waals surface area (Å²) in [4.78, 5) is 3.94. The quantitative estimate of drug-likeness (QED) is 0.926. The molecule has 0 saturated heterocycles. The number of halogens is 2. The first-order chi connectivity index (χ1) is 8.16. The Morgan fingerprint density at radius 2 is 2.18 bits per heavy atom. The van der Waals surface area contributed by atoms with Crippen molar-refractivity contribution in [1.82, 2.24) is 9.55 Å². The smallest absolute Gasteiger partial charge is 0.0945 e. The van der Waals surface area contributed by atoms with E-state index in [9.17, 15) is 5.11 Å². The molecule has 1 unspecified atom stereocenters. The lowest BCUT2D eigenvalue weighted by atomic mass is 10.1. The number of aliphatic hydroxyl groups excluding tert-OH is 1. The van der Waals surface area contributed by atoms with E-state index in [0.29, 0.717) is 28.6 Å². The van der Waals surface area contributed by atoms with Crippen LogP contribution in [0.2, 0.25) is 10.0 Å². The first kappa shape index (κ1) is 12.4. The molecular formula is C12H12Cl2N2O. The number of aliphatic hydroxyl groups is 1. The lowest BCUT2D eigenvalue weighted by molar-refractivity contribution is 0.161. The fourth-order valence-electron chi connectivity index (χ4n) is 1.62. The molecular weight excluding hydrogens is 259 g/mol. The Kier molecular flexibility index (Phi) is 4.05. The molecule has 1 heterocycles. The lowest BCUT2D eigenvalue weighted by Crippen LogP contribution is -2.04. The molecule has 1 atom stereocenters. The Hall–Kier alpha value is -1.03. The largest absolute Gasteiger partial charge is 0.388 e. The van der Waals surface area contributed by atoms with Crippen molar-refractivity contribution in [3.05, 3.63) is 52.5 Å². The number of nitrogens with zero attached hydrogens (tertiary/aromatic N) is 2. The van der Waals surface area contributed by atoms with Crippen LogP contribution in [0, 0.1) is 0 Å². The zero-order valence-electron chi connectivity index (χ0n) is 9.05. The number of imidazole rings is 1. The summed E-state index contributed by atoms with van der Waals surface area (Å²) < 4.78 is 1.91. The Morgan fingerprint density at radius 3 is 2.82 bits per heavy atom. The number of benzene rings is 1. The van der Waals surface area contributed by atoms with E-state index in [1.807, 2.05) is 10.8 Å². The monoisotopic (exact) mass is 270 g/mol. The number of aryl methyl sites for hydroxylation is 1. The Morgan fingerprint density at radius 1 is 1.35 bits per heavy atom. The molecule has 0 aliphatic heterocycles. The summed E-state index contributed by atoms with van der Waals surface area (Å²) in [6.45, 7) is 0.695. The van der Waals surface area contributed by atoms with Gasteiger partial charge in [-0.1, -0.05) is 29.3 Å². The minimum absolute atomic E-state index is 0.496. The average Bonchev–Trinajstić information content (AvgIpc) is 2.78. The summed E-state index contributed by atoms with van der Waals surface area (Å²) in [5.74, 6) is 0. The van der Waals surface area contributed by atoms with Gasteiger partial charge in [-0.25, -0.2) is 4.98 Å². The minimum Gasteiger partial charge on any atom is -0.388 e. The second kappa shape index (κ2) is 5.54. The molecule has 0 fully saturated rings. The molecule has 1 N–H and O–H groups in total. The van der Waals surface area contributed by atoms with Crippen molar-refractivity contribution in [3.63, 3.8) is 0 Å². The van der Waals surface area contributed by atoms with Crippen molar-refractivity contribution in [2.45, 2.75) is 19.1 Å². The molecule has 90 valence electrons. The Bertz CT molecular complexity index is 485. The number of hydrogen-bond acceptors (Lipinski definition) is 2. The molecule has 5 heteroatoms. The predicted octanol–water partition coefficient (Wildman–Crippen LogP) is 3.31. The molecule has 0 radical (unpaired) electrons. The van der Waals surface area contributed by atoms with Gasteiger partial charge >= 0.3 is 0 Å². The van der Waals surface area contributed by atoms with E-state index in [-0.39, 0.29) is 0 Å². The molecule has 0 spiro atoms. The third-order valence-corrected chi connectivity index (χ3v) is 3.10. The summed E-state index contributed by atoms with van der Waals surface area (Å²) >= 11 is 11.8. The molecule has 0 bridgehead atoms. The van der Waals surface area contributed by atoms with Gasteiger partial charge < -0.3 is 9.67 Å². The van der Waals surface area contributed by atoms with Gasteiger partial charge in [0.25, 0.3) is 0 Å². The van der Waals surface area contributed by atoms with Gasteiger partial charge in [0.1, 0.15) is 0 Å². The topological polar surface area (TPSA) is 38.0 Å². The number of aromatic nitrogens is 2. The van der Waals surface area contributed by atoms with Gasteiger partial charge in [0.05, 0.1) is 12.4 Å². The summed E-state index contributed by atoms with van der Waals surface area (Å²) in [6.07, 6.45) is 5.27. The Balaban J connectivity index is 2.01. The molecule has 0 aliphatic carbocycles. The van der Waals surface area contributed by atoms with Gasteiger partial charge in [0.15, 0.2) is 0 Å². The van der Waals surface area contributed by atoms with E-state index in [0.717, 1.165) is 0 Å². The highest BCUT2D eigenvalue weighted by molar-refractivity contribution is 6.35. The Labute approximate surface area is 110 Å². The van der Waals surface area contributed by atoms with Crippen LogP contribution < -0.4 is 0 Å². The molecule has 2 aromatic rings. The fourth-order valence-corrected chi connectivity index (χ4v) is 2.15. The molecule has 0 saturated carbocycles. The maximum Gasteiger partial charge on any atom is 0.0945 e. The van der Waals surface area contributed by atoms with Crippen molar-refractivity contribution < 1.29 is 5.11 Å². The van der Waals surface area contributed by atoms with Crippen LogP contribution in [-0.4, -0.2) is 14.7 Å². The summed E-state index contributed by atoms with van der Waals surface area (Å²) in [5, 5.41) is 11.1. The predicted molar refractivity (Wildman–Crippen MR) is 68.3 cm³/mol. The van der Waals surface area contributed by atoms with E-state index < -0.39 is 6.10 Å². The number of rotatable bonds is 4. The second-order valence-electron chi connectivity index (χ2n) is 3.77. The van der Waals surface area contributed by atoms with Crippen LogP contribution in [0.15, 0.2) is 36.9 Å². The van der Waals surface area contributed by atoms with Gasteiger partial charge in [-0.3, -0.25) is 0 Å². The van der Waals surface area contributed by atoms with E-state index in [1.165, 1.54) is 0 Å². The van der Waals surface area contributed by atoms with Crippen molar-refractivity contribution in [1.29, 1.82) is 0 Å². The summed E-state index contributed by atoms with van der Waals surface area (Å²) in [6, 6.07) is 5.12. The molecule has 3 nitrogen and oxygen atoms in total. The van der Waals surface area contributed by atoms with Crippen LogP contribution in [0.4, 0.5) is 0 Å². The van der Waals surface area contributed by atoms with Crippen molar-refractivity contribution >= 4 is 23.2 Å². The summed E-state index contributed by atoms with van der Waals surface area (Å²) in [5.41, 5.74) is 0.705.